The Morgan fingerprint density at radius 1 is 1.11 bits per heavy atom. The topological polar surface area (TPSA) is 76.9 Å². The Hall–Kier alpha value is -3.28. The zero-order chi connectivity index (χ0) is 19.1. The van der Waals surface area contributed by atoms with E-state index in [0.717, 1.165) is 18.4 Å². The van der Waals surface area contributed by atoms with Crippen molar-refractivity contribution in [1.82, 2.24) is 20.1 Å². The number of nitrogens with zero attached hydrogens (tertiary/aromatic N) is 3. The number of hydrogen-bond acceptors (Lipinski definition) is 4. The molecule has 2 aromatic heterocycles. The van der Waals surface area contributed by atoms with Crippen LogP contribution in [0.1, 0.15) is 24.9 Å². The second-order valence-corrected chi connectivity index (χ2v) is 6.30. The van der Waals surface area contributed by atoms with Gasteiger partial charge in [0.05, 0.1) is 5.69 Å². The lowest BCUT2D eigenvalue weighted by Crippen LogP contribution is -2.37. The first-order valence-electron chi connectivity index (χ1n) is 8.97. The highest BCUT2D eigenvalue weighted by molar-refractivity contribution is 5.79. The van der Waals surface area contributed by atoms with Gasteiger partial charge in [-0.25, -0.2) is 4.68 Å². The third-order valence-electron chi connectivity index (χ3n) is 4.31. The van der Waals surface area contributed by atoms with Crippen LogP contribution in [0.4, 0.5) is 0 Å². The van der Waals surface area contributed by atoms with Crippen molar-refractivity contribution in [1.29, 1.82) is 0 Å². The Kier molecular flexibility index (Phi) is 6.10. The number of aryl methyl sites for hydroxylation is 1. The normalized spacial score (nSPS) is 11.7. The summed E-state index contributed by atoms with van der Waals surface area (Å²) in [6, 6.07) is 16.2. The van der Waals surface area contributed by atoms with Gasteiger partial charge in [0, 0.05) is 30.6 Å². The molecular formula is C21H22N4O2. The molecule has 6 heteroatoms. The predicted molar refractivity (Wildman–Crippen MR) is 104 cm³/mol. The van der Waals surface area contributed by atoms with Crippen molar-refractivity contribution in [2.24, 2.45) is 0 Å². The van der Waals surface area contributed by atoms with Crippen LogP contribution in [0.2, 0.25) is 0 Å². The third kappa shape index (κ3) is 4.88. The molecule has 1 aromatic carbocycles. The van der Waals surface area contributed by atoms with Gasteiger partial charge in [0.25, 0.3) is 5.56 Å². The fourth-order valence-electron chi connectivity index (χ4n) is 2.78. The van der Waals surface area contributed by atoms with E-state index in [1.54, 1.807) is 31.5 Å². The van der Waals surface area contributed by atoms with Gasteiger partial charge in [-0.2, -0.15) is 5.10 Å². The summed E-state index contributed by atoms with van der Waals surface area (Å²) in [4.78, 5) is 28.7. The average Bonchev–Trinajstić information content (AvgIpc) is 2.72. The minimum absolute atomic E-state index is 0.221. The molecule has 0 spiro atoms. The van der Waals surface area contributed by atoms with Crippen molar-refractivity contribution >= 4 is 5.91 Å². The lowest BCUT2D eigenvalue weighted by Gasteiger charge is -2.15. The number of rotatable bonds is 7. The predicted octanol–water partition coefficient (Wildman–Crippen LogP) is 2.62. The van der Waals surface area contributed by atoms with Crippen molar-refractivity contribution in [2.45, 2.75) is 25.8 Å². The van der Waals surface area contributed by atoms with Crippen molar-refractivity contribution in [2.75, 3.05) is 6.54 Å². The Balaban J connectivity index is 1.61. The highest BCUT2D eigenvalue weighted by Gasteiger charge is 2.17. The van der Waals surface area contributed by atoms with Crippen LogP contribution in [0, 0.1) is 0 Å². The molecule has 0 aliphatic carbocycles. The van der Waals surface area contributed by atoms with Gasteiger partial charge in [0.2, 0.25) is 5.91 Å². The van der Waals surface area contributed by atoms with Crippen LogP contribution in [0.5, 0.6) is 0 Å². The molecule has 1 N–H and O–H groups in total. The number of hydrogen-bond donors (Lipinski definition) is 1. The van der Waals surface area contributed by atoms with E-state index in [-0.39, 0.29) is 11.5 Å². The Labute approximate surface area is 157 Å². The lowest BCUT2D eigenvalue weighted by atomic mass is 10.1. The summed E-state index contributed by atoms with van der Waals surface area (Å²) in [6.07, 6.45) is 5.07. The van der Waals surface area contributed by atoms with Crippen LogP contribution in [0.25, 0.3) is 11.3 Å². The Bertz CT molecular complexity index is 939. The summed E-state index contributed by atoms with van der Waals surface area (Å²) in [5.74, 6) is -0.221. The molecule has 1 amide bonds. The number of amides is 1. The highest BCUT2D eigenvalue weighted by Crippen LogP contribution is 2.14. The van der Waals surface area contributed by atoms with Gasteiger partial charge in [0.15, 0.2) is 0 Å². The van der Waals surface area contributed by atoms with Gasteiger partial charge in [-0.3, -0.25) is 14.6 Å². The molecule has 3 aromatic rings. The van der Waals surface area contributed by atoms with Crippen molar-refractivity contribution < 1.29 is 4.79 Å². The quantitative estimate of drug-likeness (QED) is 0.656. The molecule has 0 saturated heterocycles. The van der Waals surface area contributed by atoms with Gasteiger partial charge in [-0.1, -0.05) is 30.3 Å². The van der Waals surface area contributed by atoms with Crippen molar-refractivity contribution in [3.63, 3.8) is 0 Å². The smallest absolute Gasteiger partial charge is 0.267 e. The van der Waals surface area contributed by atoms with E-state index in [9.17, 15) is 9.59 Å². The number of nitrogens with one attached hydrogen (secondary N) is 1. The van der Waals surface area contributed by atoms with E-state index >= 15 is 0 Å². The van der Waals surface area contributed by atoms with E-state index in [1.165, 1.54) is 16.3 Å². The van der Waals surface area contributed by atoms with E-state index < -0.39 is 6.04 Å². The SMILES string of the molecule is CC(C(=O)NCCCc1ccccc1)n1nc(-c2cccnc2)ccc1=O. The van der Waals surface area contributed by atoms with Crippen LogP contribution < -0.4 is 10.9 Å². The molecule has 3 rings (SSSR count). The second kappa shape index (κ2) is 8.89. The van der Waals surface area contributed by atoms with Crippen LogP contribution in [-0.4, -0.2) is 27.2 Å². The Morgan fingerprint density at radius 3 is 2.67 bits per heavy atom. The van der Waals surface area contributed by atoms with E-state index in [4.69, 9.17) is 0 Å². The number of carbonyl (C=O) groups excluding carboxylic acids is 1. The van der Waals surface area contributed by atoms with Crippen LogP contribution in [0.15, 0.2) is 71.8 Å². The molecule has 0 fully saturated rings. The number of aromatic nitrogens is 3. The first-order chi connectivity index (χ1) is 13.1. The fourth-order valence-corrected chi connectivity index (χ4v) is 2.78. The summed E-state index contributed by atoms with van der Waals surface area (Å²) >= 11 is 0. The zero-order valence-corrected chi connectivity index (χ0v) is 15.2. The van der Waals surface area contributed by atoms with Crippen LogP contribution in [0.3, 0.4) is 0 Å². The van der Waals surface area contributed by atoms with Gasteiger partial charge in [0.1, 0.15) is 6.04 Å². The highest BCUT2D eigenvalue weighted by atomic mass is 16.2. The first-order valence-corrected chi connectivity index (χ1v) is 8.97. The van der Waals surface area contributed by atoms with Crippen LogP contribution in [-0.2, 0) is 11.2 Å². The summed E-state index contributed by atoms with van der Waals surface area (Å²) in [7, 11) is 0. The standard InChI is InChI=1S/C21H22N4O2/c1-16(21(27)23-14-5-9-17-7-3-2-4-8-17)25-20(26)12-11-19(24-25)18-10-6-13-22-15-18/h2-4,6-8,10-13,15-16H,5,9,14H2,1H3,(H,23,27). The second-order valence-electron chi connectivity index (χ2n) is 6.30. The molecule has 1 atom stereocenters. The summed E-state index contributed by atoms with van der Waals surface area (Å²) in [5.41, 5.74) is 2.32. The minimum Gasteiger partial charge on any atom is -0.354 e. The molecule has 2 heterocycles. The molecule has 0 bridgehead atoms. The molecule has 0 radical (unpaired) electrons. The fraction of sp³-hybridized carbons (Fsp3) is 0.238. The molecule has 1 unspecified atom stereocenters. The van der Waals surface area contributed by atoms with Gasteiger partial charge in [-0.05, 0) is 43.5 Å². The summed E-state index contributed by atoms with van der Waals surface area (Å²) in [6.45, 7) is 2.23. The maximum Gasteiger partial charge on any atom is 0.267 e. The molecular weight excluding hydrogens is 340 g/mol. The number of pyridine rings is 1. The largest absolute Gasteiger partial charge is 0.354 e. The number of benzene rings is 1. The molecule has 0 saturated carbocycles. The molecule has 0 aliphatic heterocycles. The first kappa shape index (κ1) is 18.5. The van der Waals surface area contributed by atoms with E-state index in [2.05, 4.69) is 27.5 Å². The van der Waals surface area contributed by atoms with E-state index in [1.807, 2.05) is 24.3 Å². The average molecular weight is 362 g/mol. The van der Waals surface area contributed by atoms with E-state index in [0.29, 0.717) is 12.2 Å². The maximum atomic E-state index is 12.4. The maximum absolute atomic E-state index is 12.4. The zero-order valence-electron chi connectivity index (χ0n) is 15.2. The summed E-state index contributed by atoms with van der Waals surface area (Å²) < 4.78 is 1.22. The minimum atomic E-state index is -0.689. The van der Waals surface area contributed by atoms with Crippen molar-refractivity contribution in [3.8, 4) is 11.3 Å². The van der Waals surface area contributed by atoms with Crippen LogP contribution >= 0.6 is 0 Å². The monoisotopic (exact) mass is 362 g/mol. The van der Waals surface area contributed by atoms with Gasteiger partial charge in [-0.15, -0.1) is 0 Å². The molecule has 138 valence electrons. The molecule has 27 heavy (non-hydrogen) atoms. The third-order valence-corrected chi connectivity index (χ3v) is 4.31. The summed E-state index contributed by atoms with van der Waals surface area (Å²) in [5, 5.41) is 7.23. The van der Waals surface area contributed by atoms with Gasteiger partial charge >= 0.3 is 0 Å². The molecule has 0 aliphatic rings. The molecule has 6 nitrogen and oxygen atoms in total. The lowest BCUT2D eigenvalue weighted by molar-refractivity contribution is -0.124. The number of carbonyl (C=O) groups is 1. The van der Waals surface area contributed by atoms with Crippen molar-refractivity contribution in [3.05, 3.63) is 82.9 Å². The Morgan fingerprint density at radius 2 is 1.93 bits per heavy atom. The van der Waals surface area contributed by atoms with Gasteiger partial charge < -0.3 is 5.32 Å².